The van der Waals surface area contributed by atoms with Gasteiger partial charge in [0.1, 0.15) is 5.60 Å². The van der Waals surface area contributed by atoms with Gasteiger partial charge in [-0.05, 0) is 34.1 Å². The second-order valence-electron chi connectivity index (χ2n) is 4.19. The van der Waals surface area contributed by atoms with Crippen LogP contribution in [0.5, 0.6) is 0 Å². The lowest BCUT2D eigenvalue weighted by Crippen LogP contribution is -2.34. The summed E-state index contributed by atoms with van der Waals surface area (Å²) in [7, 11) is 0. The molecule has 0 bridgehead atoms. The molecule has 0 radical (unpaired) electrons. The van der Waals surface area contributed by atoms with Gasteiger partial charge in [0, 0.05) is 12.6 Å². The molecule has 0 aromatic heterocycles. The van der Waals surface area contributed by atoms with E-state index in [1.807, 2.05) is 27.7 Å². The van der Waals surface area contributed by atoms with Crippen molar-refractivity contribution in [2.45, 2.75) is 45.8 Å². The molecule has 0 spiro atoms. The molecule has 0 heterocycles. The van der Waals surface area contributed by atoms with Crippen LogP contribution in [-0.4, -0.2) is 24.3 Å². The van der Waals surface area contributed by atoms with Gasteiger partial charge in [-0.25, -0.2) is 4.79 Å². The van der Waals surface area contributed by atoms with E-state index in [2.05, 4.69) is 5.32 Å². The summed E-state index contributed by atoms with van der Waals surface area (Å²) in [5.74, 6) is 0. The number of alkyl carbamates (subject to hydrolysis) is 1. The van der Waals surface area contributed by atoms with Crippen molar-refractivity contribution in [1.82, 2.24) is 5.32 Å². The maximum atomic E-state index is 11.1. The van der Waals surface area contributed by atoms with Gasteiger partial charge in [0.25, 0.3) is 0 Å². The van der Waals surface area contributed by atoms with E-state index < -0.39 is 5.60 Å². The molecule has 0 fully saturated rings. The molecule has 0 aromatic carbocycles. The van der Waals surface area contributed by atoms with Crippen molar-refractivity contribution in [2.75, 3.05) is 6.54 Å². The summed E-state index contributed by atoms with van der Waals surface area (Å²) in [5.41, 5.74) is 5.08. The van der Waals surface area contributed by atoms with E-state index in [1.54, 1.807) is 0 Å². The summed E-state index contributed by atoms with van der Waals surface area (Å²) in [6.07, 6.45) is 0.382. The molecular formula is C9H20N2O2. The van der Waals surface area contributed by atoms with Crippen LogP contribution >= 0.6 is 0 Å². The average molecular weight is 188 g/mol. The fourth-order valence-electron chi connectivity index (χ4n) is 0.716. The van der Waals surface area contributed by atoms with Crippen LogP contribution in [0, 0.1) is 0 Å². The molecule has 1 atom stereocenters. The lowest BCUT2D eigenvalue weighted by atomic mass is 10.2. The molecule has 0 unspecified atom stereocenters. The van der Waals surface area contributed by atoms with Gasteiger partial charge in [0.2, 0.25) is 0 Å². The third-order valence-corrected chi connectivity index (χ3v) is 1.27. The number of nitrogens with two attached hydrogens (primary N) is 1. The van der Waals surface area contributed by atoms with Gasteiger partial charge in [-0.1, -0.05) is 0 Å². The summed E-state index contributed by atoms with van der Waals surface area (Å²) in [6, 6.07) is 0.106. The number of rotatable bonds is 3. The van der Waals surface area contributed by atoms with Gasteiger partial charge in [0.15, 0.2) is 0 Å². The molecule has 0 saturated carbocycles. The summed E-state index contributed by atoms with van der Waals surface area (Å²) in [5, 5.41) is 2.63. The molecule has 0 aliphatic carbocycles. The molecule has 1 amide bonds. The zero-order valence-corrected chi connectivity index (χ0v) is 8.89. The van der Waals surface area contributed by atoms with Crippen LogP contribution < -0.4 is 11.1 Å². The van der Waals surface area contributed by atoms with Crippen LogP contribution in [0.1, 0.15) is 34.1 Å². The Labute approximate surface area is 79.8 Å². The predicted octanol–water partition coefficient (Wildman–Crippen LogP) is 1.25. The lowest BCUT2D eigenvalue weighted by Gasteiger charge is -2.19. The first kappa shape index (κ1) is 12.2. The molecule has 0 rings (SSSR count). The molecular weight excluding hydrogens is 168 g/mol. The van der Waals surface area contributed by atoms with Crippen LogP contribution in [0.3, 0.4) is 0 Å². The van der Waals surface area contributed by atoms with E-state index in [1.165, 1.54) is 0 Å². The number of ether oxygens (including phenoxy) is 1. The van der Waals surface area contributed by atoms with Gasteiger partial charge < -0.3 is 15.8 Å². The van der Waals surface area contributed by atoms with Gasteiger partial charge in [-0.3, -0.25) is 0 Å². The Morgan fingerprint density at radius 1 is 1.54 bits per heavy atom. The summed E-state index contributed by atoms with van der Waals surface area (Å²) in [4.78, 5) is 11.1. The Hall–Kier alpha value is -0.770. The highest BCUT2D eigenvalue weighted by atomic mass is 16.6. The van der Waals surface area contributed by atoms with Crippen molar-refractivity contribution in [3.63, 3.8) is 0 Å². The van der Waals surface area contributed by atoms with E-state index in [4.69, 9.17) is 10.5 Å². The van der Waals surface area contributed by atoms with Crippen molar-refractivity contribution in [3.8, 4) is 0 Å². The highest BCUT2D eigenvalue weighted by Gasteiger charge is 2.15. The van der Waals surface area contributed by atoms with E-state index in [0.29, 0.717) is 6.54 Å². The van der Waals surface area contributed by atoms with Crippen molar-refractivity contribution < 1.29 is 9.53 Å². The van der Waals surface area contributed by atoms with Gasteiger partial charge in [-0.15, -0.1) is 0 Å². The van der Waals surface area contributed by atoms with Crippen molar-refractivity contribution >= 4 is 6.09 Å². The number of carbonyl (C=O) groups excluding carboxylic acids is 1. The van der Waals surface area contributed by atoms with E-state index in [-0.39, 0.29) is 12.1 Å². The summed E-state index contributed by atoms with van der Waals surface area (Å²) in [6.45, 7) is 7.96. The van der Waals surface area contributed by atoms with Crippen LogP contribution in [0.25, 0.3) is 0 Å². The minimum Gasteiger partial charge on any atom is -0.444 e. The SMILES string of the molecule is C[C@H](N)CCNC(=O)OC(C)(C)C. The van der Waals surface area contributed by atoms with Gasteiger partial charge in [-0.2, -0.15) is 0 Å². The molecule has 0 aliphatic rings. The third kappa shape index (κ3) is 9.14. The standard InChI is InChI=1S/C9H20N2O2/c1-7(10)5-6-11-8(12)13-9(2,3)4/h7H,5-6,10H2,1-4H3,(H,11,12)/t7-/m0/s1. The lowest BCUT2D eigenvalue weighted by molar-refractivity contribution is 0.0527. The molecule has 13 heavy (non-hydrogen) atoms. The summed E-state index contributed by atoms with van der Waals surface area (Å²) >= 11 is 0. The van der Waals surface area contributed by atoms with Crippen molar-refractivity contribution in [2.24, 2.45) is 5.73 Å². The monoisotopic (exact) mass is 188 g/mol. The van der Waals surface area contributed by atoms with E-state index in [0.717, 1.165) is 6.42 Å². The first-order valence-corrected chi connectivity index (χ1v) is 4.53. The topological polar surface area (TPSA) is 64.3 Å². The Morgan fingerprint density at radius 3 is 2.46 bits per heavy atom. The Morgan fingerprint density at radius 2 is 2.08 bits per heavy atom. The summed E-state index contributed by atoms with van der Waals surface area (Å²) < 4.78 is 5.03. The van der Waals surface area contributed by atoms with Crippen molar-refractivity contribution in [1.29, 1.82) is 0 Å². The Balaban J connectivity index is 3.53. The largest absolute Gasteiger partial charge is 0.444 e. The molecule has 0 aromatic rings. The van der Waals surface area contributed by atoms with Crippen LogP contribution in [0.15, 0.2) is 0 Å². The second kappa shape index (κ2) is 5.07. The minimum absolute atomic E-state index is 0.106. The number of carbonyl (C=O) groups is 1. The van der Waals surface area contributed by atoms with E-state index in [9.17, 15) is 4.79 Å². The molecule has 4 heteroatoms. The van der Waals surface area contributed by atoms with Gasteiger partial charge >= 0.3 is 6.09 Å². The Bertz CT molecular complexity index is 161. The molecule has 4 nitrogen and oxygen atoms in total. The van der Waals surface area contributed by atoms with Crippen LogP contribution in [0.2, 0.25) is 0 Å². The second-order valence-corrected chi connectivity index (χ2v) is 4.19. The molecule has 0 saturated heterocycles. The fourth-order valence-corrected chi connectivity index (χ4v) is 0.716. The average Bonchev–Trinajstić information content (AvgIpc) is 1.81. The zero-order chi connectivity index (χ0) is 10.5. The highest BCUT2D eigenvalue weighted by Crippen LogP contribution is 2.06. The normalized spacial score (nSPS) is 13.6. The number of nitrogens with one attached hydrogen (secondary N) is 1. The third-order valence-electron chi connectivity index (χ3n) is 1.27. The number of hydrogen-bond acceptors (Lipinski definition) is 3. The minimum atomic E-state index is -0.432. The molecule has 3 N–H and O–H groups in total. The number of hydrogen-bond donors (Lipinski definition) is 2. The van der Waals surface area contributed by atoms with E-state index >= 15 is 0 Å². The van der Waals surface area contributed by atoms with Crippen LogP contribution in [0.4, 0.5) is 4.79 Å². The number of amides is 1. The first-order chi connectivity index (χ1) is 5.81. The zero-order valence-electron chi connectivity index (χ0n) is 8.89. The fraction of sp³-hybridized carbons (Fsp3) is 0.889. The van der Waals surface area contributed by atoms with Gasteiger partial charge in [0.05, 0.1) is 0 Å². The smallest absolute Gasteiger partial charge is 0.407 e. The van der Waals surface area contributed by atoms with Crippen LogP contribution in [-0.2, 0) is 4.74 Å². The first-order valence-electron chi connectivity index (χ1n) is 4.53. The Kier molecular flexibility index (Phi) is 4.77. The maximum Gasteiger partial charge on any atom is 0.407 e. The molecule has 78 valence electrons. The highest BCUT2D eigenvalue weighted by molar-refractivity contribution is 5.67. The van der Waals surface area contributed by atoms with Crippen molar-refractivity contribution in [3.05, 3.63) is 0 Å². The quantitative estimate of drug-likeness (QED) is 0.700. The maximum absolute atomic E-state index is 11.1. The predicted molar refractivity (Wildman–Crippen MR) is 52.5 cm³/mol. The molecule has 0 aliphatic heterocycles.